The summed E-state index contributed by atoms with van der Waals surface area (Å²) in [6, 6.07) is 16.3. The van der Waals surface area contributed by atoms with E-state index in [9.17, 15) is 9.59 Å². The van der Waals surface area contributed by atoms with Gasteiger partial charge < -0.3 is 10.2 Å². The molecule has 2 aliphatic rings. The van der Waals surface area contributed by atoms with E-state index < -0.39 is 0 Å². The first-order valence-corrected chi connectivity index (χ1v) is 10.6. The SMILES string of the molecule is Cc1ccc(C)c(N2N=C(C(=O)NCC3CCN(c4ccccc4)C3)CCC2=O)c1. The van der Waals surface area contributed by atoms with Crippen LogP contribution in [0.15, 0.2) is 53.6 Å². The lowest BCUT2D eigenvalue weighted by Crippen LogP contribution is -2.41. The van der Waals surface area contributed by atoms with Crippen molar-refractivity contribution < 1.29 is 9.59 Å². The summed E-state index contributed by atoms with van der Waals surface area (Å²) in [5, 5.41) is 8.86. The van der Waals surface area contributed by atoms with Gasteiger partial charge in [-0.3, -0.25) is 9.59 Å². The van der Waals surface area contributed by atoms with E-state index in [1.807, 2.05) is 38.1 Å². The third-order valence-corrected chi connectivity index (χ3v) is 5.85. The number of hydrogen-bond donors (Lipinski definition) is 1. The maximum atomic E-state index is 12.7. The number of carbonyl (C=O) groups excluding carboxylic acids is 2. The molecule has 1 fully saturated rings. The van der Waals surface area contributed by atoms with Crippen LogP contribution in [0.1, 0.15) is 30.4 Å². The minimum atomic E-state index is -0.170. The van der Waals surface area contributed by atoms with Crippen LogP contribution < -0.4 is 15.2 Å². The Morgan fingerprint density at radius 2 is 1.93 bits per heavy atom. The van der Waals surface area contributed by atoms with Crippen molar-refractivity contribution in [3.63, 3.8) is 0 Å². The van der Waals surface area contributed by atoms with Crippen molar-refractivity contribution in [3.8, 4) is 0 Å². The van der Waals surface area contributed by atoms with Gasteiger partial charge in [-0.15, -0.1) is 0 Å². The lowest BCUT2D eigenvalue weighted by Gasteiger charge is -2.25. The van der Waals surface area contributed by atoms with Crippen molar-refractivity contribution in [2.75, 3.05) is 29.5 Å². The monoisotopic (exact) mass is 404 g/mol. The second-order valence-electron chi connectivity index (χ2n) is 8.19. The van der Waals surface area contributed by atoms with Gasteiger partial charge in [0.25, 0.3) is 5.91 Å². The number of nitrogens with zero attached hydrogens (tertiary/aromatic N) is 3. The molecule has 1 unspecified atom stereocenters. The molecule has 0 bridgehead atoms. The number of hydrazone groups is 1. The Kier molecular flexibility index (Phi) is 5.84. The van der Waals surface area contributed by atoms with Crippen molar-refractivity contribution >= 4 is 28.9 Å². The number of benzene rings is 2. The fourth-order valence-corrected chi connectivity index (χ4v) is 4.06. The molecule has 2 aromatic rings. The third-order valence-electron chi connectivity index (χ3n) is 5.85. The van der Waals surface area contributed by atoms with Gasteiger partial charge in [0.15, 0.2) is 0 Å². The summed E-state index contributed by atoms with van der Waals surface area (Å²) in [5.41, 5.74) is 4.42. The number of amides is 2. The van der Waals surface area contributed by atoms with E-state index in [0.29, 0.717) is 31.0 Å². The normalized spacial score (nSPS) is 19.1. The fourth-order valence-electron chi connectivity index (χ4n) is 4.06. The number of rotatable bonds is 5. The molecule has 2 aromatic carbocycles. The minimum Gasteiger partial charge on any atom is -0.371 e. The van der Waals surface area contributed by atoms with Crippen molar-refractivity contribution in [1.82, 2.24) is 5.32 Å². The van der Waals surface area contributed by atoms with Crippen LogP contribution in [0.4, 0.5) is 11.4 Å². The molecule has 4 rings (SSSR count). The first-order valence-electron chi connectivity index (χ1n) is 10.6. The largest absolute Gasteiger partial charge is 0.371 e. The van der Waals surface area contributed by atoms with Gasteiger partial charge in [-0.25, -0.2) is 5.01 Å². The van der Waals surface area contributed by atoms with Gasteiger partial charge in [-0.1, -0.05) is 30.3 Å². The summed E-state index contributed by atoms with van der Waals surface area (Å²) in [5.74, 6) is 0.167. The number of hydrogen-bond acceptors (Lipinski definition) is 4. The quantitative estimate of drug-likeness (QED) is 0.830. The zero-order valence-corrected chi connectivity index (χ0v) is 17.6. The number of anilines is 2. The minimum absolute atomic E-state index is 0.0745. The maximum Gasteiger partial charge on any atom is 0.267 e. The average molecular weight is 405 g/mol. The number of para-hydroxylation sites is 1. The topological polar surface area (TPSA) is 65.0 Å². The highest BCUT2D eigenvalue weighted by atomic mass is 16.2. The zero-order chi connectivity index (χ0) is 21.1. The highest BCUT2D eigenvalue weighted by Gasteiger charge is 2.28. The highest BCUT2D eigenvalue weighted by Crippen LogP contribution is 2.26. The van der Waals surface area contributed by atoms with Crippen LogP contribution in [0.5, 0.6) is 0 Å². The second kappa shape index (κ2) is 8.69. The standard InChI is InChI=1S/C24H28N4O2/c1-17-8-9-18(2)22(14-17)28-23(29)11-10-21(26-28)24(30)25-15-19-12-13-27(16-19)20-6-4-3-5-7-20/h3-9,14,19H,10-13,15-16H2,1-2H3,(H,25,30). The van der Waals surface area contributed by atoms with Crippen LogP contribution in [-0.4, -0.2) is 37.2 Å². The molecule has 1 N–H and O–H groups in total. The van der Waals surface area contributed by atoms with Gasteiger partial charge in [0.05, 0.1) is 5.69 Å². The molecule has 0 aliphatic carbocycles. The molecular weight excluding hydrogens is 376 g/mol. The van der Waals surface area contributed by atoms with E-state index in [1.165, 1.54) is 10.7 Å². The van der Waals surface area contributed by atoms with Crippen LogP contribution in [-0.2, 0) is 9.59 Å². The Bertz CT molecular complexity index is 970. The van der Waals surface area contributed by atoms with Crippen LogP contribution in [0.2, 0.25) is 0 Å². The predicted octanol–water partition coefficient (Wildman–Crippen LogP) is 3.43. The van der Waals surface area contributed by atoms with E-state index in [-0.39, 0.29) is 11.8 Å². The summed E-state index contributed by atoms with van der Waals surface area (Å²) in [6.45, 7) is 6.49. The van der Waals surface area contributed by atoms with Gasteiger partial charge in [0.2, 0.25) is 5.91 Å². The van der Waals surface area contributed by atoms with Crippen LogP contribution in [0.25, 0.3) is 0 Å². The van der Waals surface area contributed by atoms with Crippen molar-refractivity contribution in [3.05, 3.63) is 59.7 Å². The molecule has 156 valence electrons. The molecule has 2 amide bonds. The first kappa shape index (κ1) is 20.1. The third kappa shape index (κ3) is 4.37. The van der Waals surface area contributed by atoms with Crippen LogP contribution >= 0.6 is 0 Å². The number of aryl methyl sites for hydroxylation is 2. The summed E-state index contributed by atoms with van der Waals surface area (Å²) in [6.07, 6.45) is 1.73. The Hall–Kier alpha value is -3.15. The van der Waals surface area contributed by atoms with Gasteiger partial charge in [0.1, 0.15) is 5.71 Å². The van der Waals surface area contributed by atoms with E-state index in [2.05, 4.69) is 39.6 Å². The molecule has 2 heterocycles. The van der Waals surface area contributed by atoms with Gasteiger partial charge in [0, 0.05) is 38.2 Å². The predicted molar refractivity (Wildman–Crippen MR) is 120 cm³/mol. The molecule has 1 saturated heterocycles. The number of nitrogens with one attached hydrogen (secondary N) is 1. The van der Waals surface area contributed by atoms with Crippen molar-refractivity contribution in [1.29, 1.82) is 0 Å². The second-order valence-corrected chi connectivity index (χ2v) is 8.19. The Labute approximate surface area is 177 Å². The summed E-state index contributed by atoms with van der Waals surface area (Å²) >= 11 is 0. The van der Waals surface area contributed by atoms with Gasteiger partial charge in [-0.2, -0.15) is 5.10 Å². The number of carbonyl (C=O) groups is 2. The molecule has 0 aromatic heterocycles. The van der Waals surface area contributed by atoms with Crippen LogP contribution in [0.3, 0.4) is 0 Å². The molecule has 30 heavy (non-hydrogen) atoms. The molecule has 2 aliphatic heterocycles. The van der Waals surface area contributed by atoms with Gasteiger partial charge in [-0.05, 0) is 55.5 Å². The van der Waals surface area contributed by atoms with E-state index in [4.69, 9.17) is 0 Å². The first-order chi connectivity index (χ1) is 14.5. The van der Waals surface area contributed by atoms with Crippen LogP contribution in [0, 0.1) is 19.8 Å². The van der Waals surface area contributed by atoms with Crippen molar-refractivity contribution in [2.45, 2.75) is 33.1 Å². The lowest BCUT2D eigenvalue weighted by atomic mass is 10.1. The molecule has 0 radical (unpaired) electrons. The maximum absolute atomic E-state index is 12.7. The van der Waals surface area contributed by atoms with Gasteiger partial charge >= 0.3 is 0 Å². The Balaban J connectivity index is 1.38. The molecular formula is C24H28N4O2. The average Bonchev–Trinajstić information content (AvgIpc) is 3.24. The van der Waals surface area contributed by atoms with E-state index in [1.54, 1.807) is 0 Å². The van der Waals surface area contributed by atoms with E-state index in [0.717, 1.165) is 36.3 Å². The smallest absolute Gasteiger partial charge is 0.267 e. The molecule has 0 spiro atoms. The highest BCUT2D eigenvalue weighted by molar-refractivity contribution is 6.40. The summed E-state index contributed by atoms with van der Waals surface area (Å²) in [4.78, 5) is 27.6. The Morgan fingerprint density at radius 3 is 2.73 bits per heavy atom. The molecule has 6 heteroatoms. The molecule has 6 nitrogen and oxygen atoms in total. The zero-order valence-electron chi connectivity index (χ0n) is 17.6. The summed E-state index contributed by atoms with van der Waals surface area (Å²) in [7, 11) is 0. The molecule has 1 atom stereocenters. The molecule has 0 saturated carbocycles. The Morgan fingerprint density at radius 1 is 1.13 bits per heavy atom. The fraction of sp³-hybridized carbons (Fsp3) is 0.375. The summed E-state index contributed by atoms with van der Waals surface area (Å²) < 4.78 is 0. The lowest BCUT2D eigenvalue weighted by molar-refractivity contribution is -0.119. The van der Waals surface area contributed by atoms with Crippen molar-refractivity contribution in [2.24, 2.45) is 11.0 Å². The van der Waals surface area contributed by atoms with E-state index >= 15 is 0 Å².